The molecule has 2 rings (SSSR count). The molecule has 0 aliphatic rings. The van der Waals surface area contributed by atoms with E-state index in [0.29, 0.717) is 6.42 Å². The minimum Gasteiger partial charge on any atom is -0.350 e. The molecule has 0 radical (unpaired) electrons. The van der Waals surface area contributed by atoms with E-state index in [4.69, 9.17) is 0 Å². The number of anilines is 1. The van der Waals surface area contributed by atoms with E-state index in [2.05, 4.69) is 5.32 Å². The third-order valence-electron chi connectivity index (χ3n) is 4.93. The lowest BCUT2D eigenvalue weighted by Gasteiger charge is -2.33. The predicted molar refractivity (Wildman–Crippen MR) is 128 cm³/mol. The van der Waals surface area contributed by atoms with E-state index in [1.807, 2.05) is 51.1 Å². The first-order valence-corrected chi connectivity index (χ1v) is 12.5. The summed E-state index contributed by atoms with van der Waals surface area (Å²) in [7, 11) is -3.89. The van der Waals surface area contributed by atoms with Crippen molar-refractivity contribution in [3.8, 4) is 0 Å². The van der Waals surface area contributed by atoms with E-state index in [-0.39, 0.29) is 18.1 Å². The monoisotopic (exact) mass is 477 g/mol. The van der Waals surface area contributed by atoms with Gasteiger partial charge in [0.15, 0.2) is 0 Å². The average Bonchev–Trinajstić information content (AvgIpc) is 2.70. The van der Waals surface area contributed by atoms with E-state index >= 15 is 0 Å². The van der Waals surface area contributed by atoms with Gasteiger partial charge in [-0.2, -0.15) is 0 Å². The van der Waals surface area contributed by atoms with Crippen molar-refractivity contribution in [1.82, 2.24) is 10.2 Å². The Hall–Kier alpha value is -2.94. The number of carbonyl (C=O) groups excluding carboxylic acids is 2. The molecule has 0 unspecified atom stereocenters. The SMILES string of the molecule is C[C@H](C(=O)NC(C)(C)C)N(CCc1ccccc1)C(=O)CN(c1cccc(F)c1)S(C)(=O)=O. The summed E-state index contributed by atoms with van der Waals surface area (Å²) in [6, 6.07) is 13.7. The highest BCUT2D eigenvalue weighted by Gasteiger charge is 2.31. The van der Waals surface area contributed by atoms with Crippen molar-refractivity contribution < 1.29 is 22.4 Å². The molecule has 0 saturated heterocycles. The van der Waals surface area contributed by atoms with Gasteiger partial charge in [-0.15, -0.1) is 0 Å². The minimum atomic E-state index is -3.89. The fourth-order valence-corrected chi connectivity index (χ4v) is 4.13. The molecule has 0 spiro atoms. The number of hydrogen-bond donors (Lipinski definition) is 1. The molecule has 7 nitrogen and oxygen atoms in total. The number of sulfonamides is 1. The fourth-order valence-electron chi connectivity index (χ4n) is 3.29. The van der Waals surface area contributed by atoms with Crippen LogP contribution in [-0.2, 0) is 26.0 Å². The van der Waals surface area contributed by atoms with Gasteiger partial charge in [-0.3, -0.25) is 13.9 Å². The number of benzene rings is 2. The Morgan fingerprint density at radius 1 is 1.06 bits per heavy atom. The van der Waals surface area contributed by atoms with Gasteiger partial charge in [0.05, 0.1) is 11.9 Å². The number of hydrogen-bond acceptors (Lipinski definition) is 4. The molecular formula is C24H32FN3O4S. The van der Waals surface area contributed by atoms with Crippen molar-refractivity contribution in [3.63, 3.8) is 0 Å². The van der Waals surface area contributed by atoms with E-state index < -0.39 is 39.9 Å². The molecule has 0 saturated carbocycles. The van der Waals surface area contributed by atoms with Gasteiger partial charge in [0.2, 0.25) is 21.8 Å². The quantitative estimate of drug-likeness (QED) is 0.602. The first-order chi connectivity index (χ1) is 15.3. The highest BCUT2D eigenvalue weighted by molar-refractivity contribution is 7.92. The molecule has 180 valence electrons. The first-order valence-electron chi connectivity index (χ1n) is 10.7. The van der Waals surface area contributed by atoms with Gasteiger partial charge in [0.25, 0.3) is 0 Å². The van der Waals surface area contributed by atoms with Gasteiger partial charge in [0, 0.05) is 12.1 Å². The maximum Gasteiger partial charge on any atom is 0.244 e. The van der Waals surface area contributed by atoms with Crippen molar-refractivity contribution in [3.05, 3.63) is 66.0 Å². The van der Waals surface area contributed by atoms with Gasteiger partial charge in [-0.1, -0.05) is 36.4 Å². The number of nitrogens with one attached hydrogen (secondary N) is 1. The summed E-state index contributed by atoms with van der Waals surface area (Å²) in [5.41, 5.74) is 0.518. The highest BCUT2D eigenvalue weighted by Crippen LogP contribution is 2.19. The molecule has 0 fully saturated rings. The third-order valence-corrected chi connectivity index (χ3v) is 6.07. The van der Waals surface area contributed by atoms with Crippen molar-refractivity contribution in [2.24, 2.45) is 0 Å². The molecule has 1 N–H and O–H groups in total. The predicted octanol–water partition coefficient (Wildman–Crippen LogP) is 2.97. The van der Waals surface area contributed by atoms with Crippen LogP contribution >= 0.6 is 0 Å². The number of nitrogens with zero attached hydrogens (tertiary/aromatic N) is 2. The molecule has 0 aliphatic carbocycles. The van der Waals surface area contributed by atoms with Gasteiger partial charge in [-0.25, -0.2) is 12.8 Å². The highest BCUT2D eigenvalue weighted by atomic mass is 32.2. The van der Waals surface area contributed by atoms with Crippen LogP contribution < -0.4 is 9.62 Å². The Labute approximate surface area is 195 Å². The van der Waals surface area contributed by atoms with Crippen LogP contribution in [0.1, 0.15) is 33.3 Å². The Kier molecular flexibility index (Phi) is 8.60. The van der Waals surface area contributed by atoms with Crippen molar-refractivity contribution in [2.75, 3.05) is 23.7 Å². The zero-order chi connectivity index (χ0) is 24.8. The summed E-state index contributed by atoms with van der Waals surface area (Å²) in [4.78, 5) is 27.5. The molecule has 0 heterocycles. The van der Waals surface area contributed by atoms with Crippen molar-refractivity contribution >= 4 is 27.5 Å². The molecule has 9 heteroatoms. The molecule has 0 aliphatic heterocycles. The zero-order valence-corrected chi connectivity index (χ0v) is 20.5. The molecule has 0 bridgehead atoms. The molecule has 0 aromatic heterocycles. The van der Waals surface area contributed by atoms with E-state index in [9.17, 15) is 22.4 Å². The fraction of sp³-hybridized carbons (Fsp3) is 0.417. The maximum absolute atomic E-state index is 13.7. The first kappa shape index (κ1) is 26.3. The molecule has 33 heavy (non-hydrogen) atoms. The summed E-state index contributed by atoms with van der Waals surface area (Å²) in [6.07, 6.45) is 1.44. The summed E-state index contributed by atoms with van der Waals surface area (Å²) < 4.78 is 39.4. The van der Waals surface area contributed by atoms with Crippen molar-refractivity contribution in [2.45, 2.75) is 45.7 Å². The van der Waals surface area contributed by atoms with E-state index in [1.54, 1.807) is 6.92 Å². The summed E-state index contributed by atoms with van der Waals surface area (Å²) in [6.45, 7) is 6.78. The Morgan fingerprint density at radius 3 is 2.24 bits per heavy atom. The lowest BCUT2D eigenvalue weighted by atomic mass is 10.1. The van der Waals surface area contributed by atoms with Crippen molar-refractivity contribution in [1.29, 1.82) is 0 Å². The number of amides is 2. The smallest absolute Gasteiger partial charge is 0.244 e. The average molecular weight is 478 g/mol. The van der Waals surface area contributed by atoms with Gasteiger partial charge in [0.1, 0.15) is 18.4 Å². The van der Waals surface area contributed by atoms with Crippen LogP contribution in [0.2, 0.25) is 0 Å². The Balaban J connectivity index is 2.32. The van der Waals surface area contributed by atoms with Crippen LogP contribution in [-0.4, -0.2) is 56.1 Å². The summed E-state index contributed by atoms with van der Waals surface area (Å²) >= 11 is 0. The summed E-state index contributed by atoms with van der Waals surface area (Å²) in [5, 5.41) is 2.86. The van der Waals surface area contributed by atoms with E-state index in [0.717, 1.165) is 22.2 Å². The lowest BCUT2D eigenvalue weighted by molar-refractivity contribution is -0.139. The standard InChI is InChI=1S/C24H32FN3O4S/c1-18(23(30)26-24(2,3)4)27(15-14-19-10-7-6-8-11-19)22(29)17-28(33(5,31)32)21-13-9-12-20(25)16-21/h6-13,16,18H,14-15,17H2,1-5H3,(H,26,30)/t18-/m1/s1. The van der Waals surface area contributed by atoms with Crippen LogP contribution in [0.25, 0.3) is 0 Å². The third kappa shape index (κ3) is 8.16. The normalized spacial score (nSPS) is 12.7. The lowest BCUT2D eigenvalue weighted by Crippen LogP contribution is -2.55. The molecule has 1 atom stereocenters. The molecule has 2 aromatic carbocycles. The van der Waals surface area contributed by atoms with Crippen LogP contribution in [0, 0.1) is 5.82 Å². The van der Waals surface area contributed by atoms with Gasteiger partial charge < -0.3 is 10.2 Å². The second kappa shape index (κ2) is 10.8. The molecule has 2 amide bonds. The van der Waals surface area contributed by atoms with Crippen LogP contribution in [0.15, 0.2) is 54.6 Å². The molecular weight excluding hydrogens is 445 g/mol. The van der Waals surface area contributed by atoms with Gasteiger partial charge in [-0.05, 0) is 57.9 Å². The second-order valence-corrected chi connectivity index (χ2v) is 10.9. The van der Waals surface area contributed by atoms with Gasteiger partial charge >= 0.3 is 0 Å². The largest absolute Gasteiger partial charge is 0.350 e. The van der Waals surface area contributed by atoms with E-state index in [1.165, 1.54) is 23.1 Å². The number of rotatable bonds is 9. The van der Waals surface area contributed by atoms with Crippen LogP contribution in [0.4, 0.5) is 10.1 Å². The minimum absolute atomic E-state index is 0.0423. The second-order valence-electron chi connectivity index (χ2n) is 8.99. The Morgan fingerprint density at radius 2 is 1.70 bits per heavy atom. The van der Waals surface area contributed by atoms with Crippen LogP contribution in [0.5, 0.6) is 0 Å². The number of carbonyl (C=O) groups is 2. The number of halogens is 1. The van der Waals surface area contributed by atoms with Crippen LogP contribution in [0.3, 0.4) is 0 Å². The topological polar surface area (TPSA) is 86.8 Å². The Bertz CT molecular complexity index is 1070. The summed E-state index contributed by atoms with van der Waals surface area (Å²) in [5.74, 6) is -1.52. The zero-order valence-electron chi connectivity index (χ0n) is 19.7. The maximum atomic E-state index is 13.7. The molecule has 2 aromatic rings.